The molecule has 0 spiro atoms. The Balaban J connectivity index is 0. The van der Waals surface area contributed by atoms with Crippen LogP contribution in [0.5, 0.6) is 0 Å². The summed E-state index contributed by atoms with van der Waals surface area (Å²) < 4.78 is 0. The maximum absolute atomic E-state index is 0. The summed E-state index contributed by atoms with van der Waals surface area (Å²) >= 11 is 0. The van der Waals surface area contributed by atoms with E-state index in [-0.39, 0.29) is 67.3 Å². The Kier molecular flexibility index (Phi) is 212. The van der Waals surface area contributed by atoms with Crippen molar-refractivity contribution in [1.82, 2.24) is 0 Å². The molecule has 4 heteroatoms. The van der Waals surface area contributed by atoms with E-state index in [1.54, 1.807) is 0 Å². The van der Waals surface area contributed by atoms with E-state index in [0.29, 0.717) is 0 Å². The van der Waals surface area contributed by atoms with Crippen LogP contribution in [-0.2, 0) is 18.6 Å². The molecule has 0 bridgehead atoms. The van der Waals surface area contributed by atoms with E-state index >= 15 is 0 Å². The summed E-state index contributed by atoms with van der Waals surface area (Å²) in [5.74, 6) is 0. The Hall–Kier alpha value is 1.84. The predicted octanol–water partition coefficient (Wildman–Crippen LogP) is -2.17. The zero-order valence-electron chi connectivity index (χ0n) is 3.65. The first kappa shape index (κ1) is 40.3. The molecule has 0 aromatic carbocycles. The van der Waals surface area contributed by atoms with Gasteiger partial charge >= 0.3 is 23.1 Å². The summed E-state index contributed by atoms with van der Waals surface area (Å²) in [7, 11) is 0. The van der Waals surface area contributed by atoms with Gasteiger partial charge in [0.1, 0.15) is 0 Å². The molecule has 0 heterocycles. The summed E-state index contributed by atoms with van der Waals surface area (Å²) in [6.45, 7) is 0. The van der Waals surface area contributed by atoms with Crippen molar-refractivity contribution in [2.24, 2.45) is 0 Å². The first-order valence-electron chi connectivity index (χ1n) is 0. The van der Waals surface area contributed by atoms with Gasteiger partial charge in [0.25, 0.3) is 0 Å². The second-order valence-corrected chi connectivity index (χ2v) is 0. The van der Waals surface area contributed by atoms with Gasteiger partial charge in [0.2, 0.25) is 0 Å². The molecule has 0 aromatic rings. The van der Waals surface area contributed by atoms with Gasteiger partial charge in [-0.3, -0.25) is 0 Å². The summed E-state index contributed by atoms with van der Waals surface area (Å²) in [4.78, 5) is 0. The van der Waals surface area contributed by atoms with E-state index in [1.807, 2.05) is 0 Å². The molecule has 4 heavy (non-hydrogen) atoms. The third kappa shape index (κ3) is 9.14. The molecule has 0 aliphatic rings. The summed E-state index contributed by atoms with van der Waals surface area (Å²) in [5.41, 5.74) is 0. The quantitative estimate of drug-likeness (QED) is 0.330. The molecule has 23 valence electrons. The molecule has 0 aliphatic carbocycles. The summed E-state index contributed by atoms with van der Waals surface area (Å²) in [6.07, 6.45) is 0. The molecule has 2 N–H and O–H groups in total. The van der Waals surface area contributed by atoms with Crippen molar-refractivity contribution >= 4 is 40.4 Å². The normalized spacial score (nSPS) is 0. The van der Waals surface area contributed by atoms with Crippen LogP contribution in [-0.4, -0.2) is 45.9 Å². The Labute approximate surface area is 67.0 Å². The minimum Gasteiger partial charge on any atom is -1.00 e. The van der Waals surface area contributed by atoms with Gasteiger partial charge in [-0.1, -0.05) is 0 Å². The Morgan fingerprint density at radius 2 is 1.25 bits per heavy atom. The Morgan fingerprint density at radius 3 is 1.25 bits per heavy atom. The van der Waals surface area contributed by atoms with E-state index in [4.69, 9.17) is 0 Å². The zero-order chi connectivity index (χ0) is 0. The first-order chi connectivity index (χ1) is 0. The van der Waals surface area contributed by atoms with Crippen molar-refractivity contribution in [3.63, 3.8) is 0 Å². The van der Waals surface area contributed by atoms with Gasteiger partial charge in [0.15, 0.2) is 17.4 Å². The fourth-order valence-electron chi connectivity index (χ4n) is 0. The van der Waals surface area contributed by atoms with Crippen LogP contribution in [0, 0.1) is 0 Å². The van der Waals surface area contributed by atoms with Crippen molar-refractivity contribution in [3.8, 4) is 0 Å². The van der Waals surface area contributed by atoms with Crippen LogP contribution in [0.1, 0.15) is 2.85 Å². The summed E-state index contributed by atoms with van der Waals surface area (Å²) in [6, 6.07) is 0. The van der Waals surface area contributed by atoms with Crippen molar-refractivity contribution in [1.29, 1.82) is 0 Å². The fraction of sp³-hybridized carbons (Fsp3) is 0. The first-order valence-corrected chi connectivity index (χ1v) is 0. The van der Waals surface area contributed by atoms with Crippen LogP contribution in [0.25, 0.3) is 0 Å². The molecule has 1 nitrogen and oxygen atoms in total. The van der Waals surface area contributed by atoms with Gasteiger partial charge in [0.05, 0.1) is 0 Å². The summed E-state index contributed by atoms with van der Waals surface area (Å²) in [5, 5.41) is 0. The molecular formula is H7AlMgOV. The van der Waals surface area contributed by atoms with E-state index < -0.39 is 0 Å². The van der Waals surface area contributed by atoms with Crippen LogP contribution in [0.3, 0.4) is 0 Å². The molecule has 0 aliphatic heterocycles. The van der Waals surface area contributed by atoms with Crippen LogP contribution in [0.2, 0.25) is 0 Å². The SMILES string of the molecule is O.[AlH3].[H-].[H-].[Mg+2].[V]. The number of hydrogen-bond acceptors (Lipinski definition) is 0. The van der Waals surface area contributed by atoms with Crippen molar-refractivity contribution in [3.05, 3.63) is 0 Å². The smallest absolute Gasteiger partial charge is 1.00 e. The van der Waals surface area contributed by atoms with Gasteiger partial charge < -0.3 is 8.33 Å². The molecule has 0 aromatic heterocycles. The van der Waals surface area contributed by atoms with E-state index in [1.165, 1.54) is 0 Å². The monoisotopic (exact) mass is 125 g/mol. The topological polar surface area (TPSA) is 31.5 Å². The molecule has 0 saturated heterocycles. The molecule has 0 saturated carbocycles. The molecule has 0 amide bonds. The molecular weight excluding hydrogens is 118 g/mol. The van der Waals surface area contributed by atoms with Crippen LogP contribution in [0.15, 0.2) is 0 Å². The standard InChI is InChI=1S/Al.Mg.H2O.V.5H/h;;1H2;;;;;;/q;+2;;;;;;2*-1. The molecule has 0 fully saturated rings. The second kappa shape index (κ2) is 21.1. The van der Waals surface area contributed by atoms with Crippen LogP contribution in [0.4, 0.5) is 0 Å². The van der Waals surface area contributed by atoms with Gasteiger partial charge in [-0.25, -0.2) is 0 Å². The Morgan fingerprint density at radius 1 is 1.25 bits per heavy atom. The number of rotatable bonds is 0. The molecule has 0 atom stereocenters. The van der Waals surface area contributed by atoms with E-state index in [0.717, 1.165) is 0 Å². The maximum atomic E-state index is 0. The second-order valence-electron chi connectivity index (χ2n) is 0. The van der Waals surface area contributed by atoms with Gasteiger partial charge in [0, 0.05) is 18.6 Å². The number of hydrogen-bond donors (Lipinski definition) is 0. The van der Waals surface area contributed by atoms with Gasteiger partial charge in [-0.05, 0) is 0 Å². The minimum atomic E-state index is 0. The van der Waals surface area contributed by atoms with E-state index in [9.17, 15) is 0 Å². The third-order valence-corrected chi connectivity index (χ3v) is 0. The predicted molar refractivity (Wildman–Crippen MR) is 21.5 cm³/mol. The molecule has 0 unspecified atom stereocenters. The largest absolute Gasteiger partial charge is 2.00 e. The average Bonchev–Trinajstić information content (AvgIpc) is 0. The van der Waals surface area contributed by atoms with Crippen molar-refractivity contribution in [2.75, 3.05) is 0 Å². The van der Waals surface area contributed by atoms with E-state index in [2.05, 4.69) is 0 Å². The average molecular weight is 125 g/mol. The van der Waals surface area contributed by atoms with Crippen LogP contribution < -0.4 is 0 Å². The van der Waals surface area contributed by atoms with Crippen molar-refractivity contribution < 1.29 is 26.9 Å². The third-order valence-electron chi connectivity index (χ3n) is 0. The molecule has 0 rings (SSSR count). The maximum Gasteiger partial charge on any atom is 2.00 e. The van der Waals surface area contributed by atoms with Crippen LogP contribution >= 0.6 is 0 Å². The Bertz CT molecular complexity index is 13.5. The fourth-order valence-corrected chi connectivity index (χ4v) is 0. The van der Waals surface area contributed by atoms with Gasteiger partial charge in [-0.15, -0.1) is 0 Å². The molecule has 1 radical (unpaired) electrons. The zero-order valence-corrected chi connectivity index (χ0v) is 4.47. The minimum absolute atomic E-state index is 0. The van der Waals surface area contributed by atoms with Crippen molar-refractivity contribution in [2.45, 2.75) is 0 Å². The van der Waals surface area contributed by atoms with Gasteiger partial charge in [-0.2, -0.15) is 0 Å².